The van der Waals surface area contributed by atoms with Crippen LogP contribution in [0, 0.1) is 0 Å². The first-order valence-electron chi connectivity index (χ1n) is 10.0. The Balaban J connectivity index is 1.23. The van der Waals surface area contributed by atoms with Crippen molar-refractivity contribution in [2.24, 2.45) is 0 Å². The first-order valence-corrected chi connectivity index (χ1v) is 13.3. The second kappa shape index (κ2) is 10.6. The summed E-state index contributed by atoms with van der Waals surface area (Å²) in [6.07, 6.45) is 0.689. The fourth-order valence-corrected chi connectivity index (χ4v) is 5.86. The maximum atomic E-state index is 12.7. The third kappa shape index (κ3) is 5.95. The number of carbonyl (C=O) groups is 1. The van der Waals surface area contributed by atoms with Gasteiger partial charge in [0.15, 0.2) is 0 Å². The van der Waals surface area contributed by atoms with E-state index in [4.69, 9.17) is 4.74 Å². The van der Waals surface area contributed by atoms with E-state index in [9.17, 15) is 13.2 Å². The number of hydrogen-bond donors (Lipinski definition) is 2. The summed E-state index contributed by atoms with van der Waals surface area (Å²) < 4.78 is 32.0. The second-order valence-electron chi connectivity index (χ2n) is 7.05. The van der Waals surface area contributed by atoms with Crippen LogP contribution in [-0.2, 0) is 32.5 Å². The number of amides is 1. The predicted octanol–water partition coefficient (Wildman–Crippen LogP) is 1.89. The van der Waals surface area contributed by atoms with Crippen molar-refractivity contribution >= 4 is 39.0 Å². The highest BCUT2D eigenvalue weighted by molar-refractivity contribution is 7.99. The second-order valence-corrected chi connectivity index (χ2v) is 11.0. The molecule has 3 aromatic rings. The summed E-state index contributed by atoms with van der Waals surface area (Å²) in [6.45, 7) is 1.85. The number of nitrogens with zero attached hydrogens (tertiary/aromatic N) is 3. The van der Waals surface area contributed by atoms with Gasteiger partial charge in [-0.3, -0.25) is 9.89 Å². The molecule has 12 heteroatoms. The molecule has 0 atom stereocenters. The van der Waals surface area contributed by atoms with Crippen LogP contribution in [0.3, 0.4) is 0 Å². The zero-order valence-corrected chi connectivity index (χ0v) is 19.6. The molecule has 0 radical (unpaired) electrons. The Morgan fingerprint density at radius 2 is 2.00 bits per heavy atom. The smallest absolute Gasteiger partial charge is 0.243 e. The lowest BCUT2D eigenvalue weighted by Gasteiger charge is -2.26. The van der Waals surface area contributed by atoms with E-state index in [0.29, 0.717) is 44.4 Å². The highest BCUT2D eigenvalue weighted by atomic mass is 32.2. The summed E-state index contributed by atoms with van der Waals surface area (Å²) in [5, 5.41) is 12.4. The minimum absolute atomic E-state index is 0.148. The van der Waals surface area contributed by atoms with Crippen molar-refractivity contribution in [3.63, 3.8) is 0 Å². The van der Waals surface area contributed by atoms with E-state index in [0.717, 1.165) is 11.4 Å². The van der Waals surface area contributed by atoms with E-state index < -0.39 is 10.0 Å². The molecule has 0 saturated carbocycles. The number of carbonyl (C=O) groups excluding carboxylic acids is 1. The Bertz CT molecular complexity index is 1120. The van der Waals surface area contributed by atoms with Crippen LogP contribution in [0.1, 0.15) is 16.3 Å². The van der Waals surface area contributed by atoms with Gasteiger partial charge in [-0.1, -0.05) is 30.0 Å². The van der Waals surface area contributed by atoms with Crippen LogP contribution in [-0.4, -0.2) is 65.9 Å². The highest BCUT2D eigenvalue weighted by Crippen LogP contribution is 2.18. The molecule has 0 bridgehead atoms. The van der Waals surface area contributed by atoms with Crippen molar-refractivity contribution in [2.75, 3.05) is 32.1 Å². The lowest BCUT2D eigenvalue weighted by Crippen LogP contribution is -2.40. The fraction of sp³-hybridized carbons (Fsp3) is 0.350. The van der Waals surface area contributed by atoms with E-state index in [1.165, 1.54) is 20.9 Å². The topological polar surface area (TPSA) is 117 Å². The maximum Gasteiger partial charge on any atom is 0.243 e. The third-order valence-corrected chi connectivity index (χ3v) is 8.42. The lowest BCUT2D eigenvalue weighted by atomic mass is 10.2. The van der Waals surface area contributed by atoms with Crippen molar-refractivity contribution in [1.82, 2.24) is 24.8 Å². The molecule has 1 aliphatic rings. The van der Waals surface area contributed by atoms with Crippen molar-refractivity contribution in [2.45, 2.75) is 23.0 Å². The molecule has 1 aromatic carbocycles. The summed E-state index contributed by atoms with van der Waals surface area (Å²) in [6, 6.07) is 10.6. The van der Waals surface area contributed by atoms with E-state index in [2.05, 4.69) is 20.5 Å². The SMILES string of the molecule is O=C(CSc1n[nH]c(Cc2cccs2)n1)NCc1ccc(S(=O)(=O)N2CCOCC2)cc1. The molecule has 1 amide bonds. The molecule has 1 fully saturated rings. The van der Waals surface area contributed by atoms with Crippen molar-refractivity contribution in [3.05, 3.63) is 58.0 Å². The number of sulfonamides is 1. The normalized spacial score (nSPS) is 15.0. The van der Waals surface area contributed by atoms with Gasteiger partial charge in [-0.25, -0.2) is 13.4 Å². The number of aromatic nitrogens is 3. The zero-order valence-electron chi connectivity index (χ0n) is 17.2. The summed E-state index contributed by atoms with van der Waals surface area (Å²) in [7, 11) is -3.52. The average Bonchev–Trinajstić information content (AvgIpc) is 3.49. The summed E-state index contributed by atoms with van der Waals surface area (Å²) in [4.78, 5) is 18.0. The van der Waals surface area contributed by atoms with E-state index in [-0.39, 0.29) is 16.6 Å². The van der Waals surface area contributed by atoms with Gasteiger partial charge in [-0.05, 0) is 29.1 Å². The Kier molecular flexibility index (Phi) is 7.58. The highest BCUT2D eigenvalue weighted by Gasteiger charge is 2.26. The fourth-order valence-electron chi connectivity index (χ4n) is 3.10. The predicted molar refractivity (Wildman–Crippen MR) is 122 cm³/mol. The van der Waals surface area contributed by atoms with Crippen LogP contribution < -0.4 is 5.32 Å². The lowest BCUT2D eigenvalue weighted by molar-refractivity contribution is -0.118. The number of benzene rings is 1. The minimum atomic E-state index is -3.52. The molecular formula is C20H23N5O4S3. The van der Waals surface area contributed by atoms with Crippen molar-refractivity contribution in [1.29, 1.82) is 0 Å². The third-order valence-electron chi connectivity index (χ3n) is 4.79. The molecule has 1 saturated heterocycles. The minimum Gasteiger partial charge on any atom is -0.379 e. The van der Waals surface area contributed by atoms with Crippen LogP contribution in [0.15, 0.2) is 51.8 Å². The Labute approximate surface area is 194 Å². The monoisotopic (exact) mass is 493 g/mol. The Morgan fingerprint density at radius 1 is 1.22 bits per heavy atom. The number of aromatic amines is 1. The number of thioether (sulfide) groups is 1. The van der Waals surface area contributed by atoms with Gasteiger partial charge in [0.2, 0.25) is 21.1 Å². The molecule has 2 N–H and O–H groups in total. The summed E-state index contributed by atoms with van der Waals surface area (Å²) >= 11 is 2.92. The van der Waals surface area contributed by atoms with Gasteiger partial charge in [0.25, 0.3) is 0 Å². The first kappa shape index (κ1) is 22.9. The van der Waals surface area contributed by atoms with E-state index in [1.54, 1.807) is 35.6 Å². The standard InChI is InChI=1S/C20H23N5O4S3/c26-19(14-31-20-22-18(23-24-20)12-16-2-1-11-30-16)21-13-15-3-5-17(6-4-15)32(27,28)25-7-9-29-10-8-25/h1-6,11H,7-10,12-14H2,(H,21,26)(H,22,23,24). The number of thiophene rings is 1. The molecule has 0 aliphatic carbocycles. The van der Waals surface area contributed by atoms with Crippen LogP contribution in [0.25, 0.3) is 0 Å². The van der Waals surface area contributed by atoms with Crippen LogP contribution in [0.5, 0.6) is 0 Å². The molecule has 0 unspecified atom stereocenters. The molecule has 32 heavy (non-hydrogen) atoms. The molecule has 9 nitrogen and oxygen atoms in total. The van der Waals surface area contributed by atoms with Gasteiger partial charge < -0.3 is 10.1 Å². The molecule has 0 spiro atoms. The maximum absolute atomic E-state index is 12.7. The van der Waals surface area contributed by atoms with Gasteiger partial charge in [0, 0.05) is 30.9 Å². The van der Waals surface area contributed by atoms with Crippen LogP contribution in [0.2, 0.25) is 0 Å². The Morgan fingerprint density at radius 3 is 2.72 bits per heavy atom. The van der Waals surface area contributed by atoms with Gasteiger partial charge in [-0.2, -0.15) is 4.31 Å². The number of hydrogen-bond acceptors (Lipinski definition) is 8. The number of ether oxygens (including phenoxy) is 1. The number of morpholine rings is 1. The average molecular weight is 494 g/mol. The van der Waals surface area contributed by atoms with Crippen LogP contribution >= 0.6 is 23.1 Å². The molecule has 2 aromatic heterocycles. The zero-order chi connectivity index (χ0) is 22.4. The van der Waals surface area contributed by atoms with Gasteiger partial charge in [0.05, 0.1) is 23.9 Å². The largest absolute Gasteiger partial charge is 0.379 e. The molecule has 3 heterocycles. The van der Waals surface area contributed by atoms with Crippen LogP contribution in [0.4, 0.5) is 0 Å². The summed E-state index contributed by atoms with van der Waals surface area (Å²) in [5.74, 6) is 0.812. The summed E-state index contributed by atoms with van der Waals surface area (Å²) in [5.41, 5.74) is 0.820. The van der Waals surface area contributed by atoms with Gasteiger partial charge in [-0.15, -0.1) is 16.4 Å². The number of nitrogens with one attached hydrogen (secondary N) is 2. The first-order chi connectivity index (χ1) is 15.5. The van der Waals surface area contributed by atoms with Gasteiger partial charge in [0.1, 0.15) is 5.82 Å². The molecule has 170 valence electrons. The van der Waals surface area contributed by atoms with E-state index in [1.807, 2.05) is 17.5 Å². The van der Waals surface area contributed by atoms with Gasteiger partial charge >= 0.3 is 0 Å². The van der Waals surface area contributed by atoms with Crippen molar-refractivity contribution in [3.8, 4) is 0 Å². The van der Waals surface area contributed by atoms with E-state index >= 15 is 0 Å². The number of H-pyrrole nitrogens is 1. The molecular weight excluding hydrogens is 470 g/mol. The molecule has 1 aliphatic heterocycles. The quantitative estimate of drug-likeness (QED) is 0.437. The number of rotatable bonds is 9. The van der Waals surface area contributed by atoms with Crippen molar-refractivity contribution < 1.29 is 17.9 Å². The Hall–Kier alpha value is -2.25. The molecule has 4 rings (SSSR count).